The number of aromatic nitrogens is 1. The summed E-state index contributed by atoms with van der Waals surface area (Å²) < 4.78 is 0. The molecule has 152 valence electrons. The lowest BCUT2D eigenvalue weighted by Crippen LogP contribution is -2.41. The van der Waals surface area contributed by atoms with Crippen LogP contribution in [0.5, 0.6) is 0 Å². The molecule has 1 saturated carbocycles. The number of anilines is 3. The number of carbonyl (C=O) groups is 1. The van der Waals surface area contributed by atoms with E-state index in [0.717, 1.165) is 35.4 Å². The highest BCUT2D eigenvalue weighted by atomic mass is 16.2. The molecule has 2 aromatic rings. The van der Waals surface area contributed by atoms with Gasteiger partial charge in [-0.2, -0.15) is 5.10 Å². The molecule has 0 radical (unpaired) electrons. The van der Waals surface area contributed by atoms with E-state index >= 15 is 0 Å². The van der Waals surface area contributed by atoms with Crippen molar-refractivity contribution in [2.45, 2.75) is 58.9 Å². The van der Waals surface area contributed by atoms with Gasteiger partial charge in [-0.05, 0) is 57.4 Å². The third kappa shape index (κ3) is 3.71. The number of amides is 2. The molecule has 1 aromatic carbocycles. The highest BCUT2D eigenvalue weighted by molar-refractivity contribution is 6.13. The molecule has 6 nitrogen and oxygen atoms in total. The summed E-state index contributed by atoms with van der Waals surface area (Å²) >= 11 is 0. The molecule has 0 atom stereocenters. The van der Waals surface area contributed by atoms with Crippen LogP contribution in [0.2, 0.25) is 0 Å². The second-order valence-electron chi connectivity index (χ2n) is 8.35. The summed E-state index contributed by atoms with van der Waals surface area (Å²) in [6, 6.07) is 9.60. The number of fused-ring (bicyclic) bond motifs is 1. The van der Waals surface area contributed by atoms with Crippen molar-refractivity contribution < 1.29 is 4.79 Å². The Hall–Kier alpha value is -2.89. The zero-order valence-corrected chi connectivity index (χ0v) is 17.4. The van der Waals surface area contributed by atoms with E-state index < -0.39 is 0 Å². The molecule has 1 aliphatic carbocycles. The quantitative estimate of drug-likeness (QED) is 0.777. The fraction of sp³-hybridized carbons (Fsp3) is 0.435. The van der Waals surface area contributed by atoms with E-state index in [1.165, 1.54) is 19.3 Å². The maximum absolute atomic E-state index is 13.6. The van der Waals surface area contributed by atoms with E-state index in [1.807, 2.05) is 20.8 Å². The molecule has 2 amide bonds. The fourth-order valence-corrected chi connectivity index (χ4v) is 4.23. The van der Waals surface area contributed by atoms with Gasteiger partial charge < -0.3 is 5.73 Å². The molecule has 1 fully saturated rings. The predicted molar refractivity (Wildman–Crippen MR) is 117 cm³/mol. The topological polar surface area (TPSA) is 74.8 Å². The summed E-state index contributed by atoms with van der Waals surface area (Å²) in [6.45, 7) is 6.04. The van der Waals surface area contributed by atoms with Crippen molar-refractivity contribution >= 4 is 28.9 Å². The van der Waals surface area contributed by atoms with Crippen molar-refractivity contribution in [2.75, 3.05) is 10.6 Å². The van der Waals surface area contributed by atoms with Crippen LogP contribution < -0.4 is 10.6 Å². The Morgan fingerprint density at radius 2 is 1.86 bits per heavy atom. The van der Waals surface area contributed by atoms with Crippen molar-refractivity contribution in [3.05, 3.63) is 47.7 Å². The largest absolute Gasteiger partial charge is 0.397 e. The summed E-state index contributed by atoms with van der Waals surface area (Å²) in [4.78, 5) is 19.8. The molecule has 1 aromatic heterocycles. The number of benzene rings is 1. The molecule has 6 heteroatoms. The number of carbonyl (C=O) groups excluding carboxylic acids is 1. The molecule has 2 N–H and O–H groups in total. The molecule has 0 saturated heterocycles. The predicted octanol–water partition coefficient (Wildman–Crippen LogP) is 5.24. The van der Waals surface area contributed by atoms with Crippen molar-refractivity contribution in [3.8, 4) is 0 Å². The van der Waals surface area contributed by atoms with Gasteiger partial charge >= 0.3 is 6.03 Å². The third-order valence-electron chi connectivity index (χ3n) is 5.75. The Kier molecular flexibility index (Phi) is 5.26. The molecule has 0 bridgehead atoms. The van der Waals surface area contributed by atoms with Gasteiger partial charge in [-0.25, -0.2) is 19.7 Å². The zero-order valence-electron chi connectivity index (χ0n) is 17.4. The van der Waals surface area contributed by atoms with Gasteiger partial charge in [0.25, 0.3) is 0 Å². The van der Waals surface area contributed by atoms with E-state index in [0.29, 0.717) is 17.4 Å². The van der Waals surface area contributed by atoms with Crippen molar-refractivity contribution in [1.82, 2.24) is 9.99 Å². The maximum atomic E-state index is 13.6. The molecule has 0 unspecified atom stereocenters. The number of hydrazone groups is 1. The SMILES string of the molecule is Cc1ccc2c(c1)N(c1ccc(N)cn1)C(=O)N(C(C)C)N=C2C1CCCCC1. The first-order valence-electron chi connectivity index (χ1n) is 10.5. The van der Waals surface area contributed by atoms with Crippen molar-refractivity contribution in [3.63, 3.8) is 0 Å². The average Bonchev–Trinajstić information content (AvgIpc) is 2.83. The van der Waals surface area contributed by atoms with Gasteiger partial charge in [0.2, 0.25) is 0 Å². The van der Waals surface area contributed by atoms with Crippen LogP contribution in [0, 0.1) is 12.8 Å². The van der Waals surface area contributed by atoms with Gasteiger partial charge in [0.1, 0.15) is 5.82 Å². The van der Waals surface area contributed by atoms with E-state index in [-0.39, 0.29) is 12.1 Å². The second kappa shape index (κ2) is 7.85. The van der Waals surface area contributed by atoms with Crippen LogP contribution in [0.1, 0.15) is 57.1 Å². The van der Waals surface area contributed by atoms with E-state index in [4.69, 9.17) is 10.8 Å². The Labute approximate surface area is 172 Å². The Balaban J connectivity index is 1.92. The Morgan fingerprint density at radius 3 is 2.52 bits per heavy atom. The number of nitrogens with zero attached hydrogens (tertiary/aromatic N) is 4. The second-order valence-corrected chi connectivity index (χ2v) is 8.35. The summed E-state index contributed by atoms with van der Waals surface area (Å²) in [5.41, 5.74) is 10.4. The highest BCUT2D eigenvalue weighted by Crippen LogP contribution is 2.37. The van der Waals surface area contributed by atoms with E-state index in [9.17, 15) is 4.79 Å². The van der Waals surface area contributed by atoms with Crippen LogP contribution in [-0.4, -0.2) is 27.8 Å². The first-order chi connectivity index (χ1) is 14.0. The lowest BCUT2D eigenvalue weighted by atomic mass is 9.82. The monoisotopic (exact) mass is 391 g/mol. The number of nitrogen functional groups attached to an aromatic ring is 1. The van der Waals surface area contributed by atoms with Gasteiger partial charge in [0.15, 0.2) is 0 Å². The lowest BCUT2D eigenvalue weighted by molar-refractivity contribution is 0.195. The first kappa shape index (κ1) is 19.4. The molecular weight excluding hydrogens is 362 g/mol. The molecule has 29 heavy (non-hydrogen) atoms. The molecule has 2 heterocycles. The number of nitrogens with two attached hydrogens (primary N) is 1. The fourth-order valence-electron chi connectivity index (χ4n) is 4.23. The van der Waals surface area contributed by atoms with Gasteiger partial charge in [-0.3, -0.25) is 0 Å². The summed E-state index contributed by atoms with van der Waals surface area (Å²) in [7, 11) is 0. The van der Waals surface area contributed by atoms with Crippen molar-refractivity contribution in [1.29, 1.82) is 0 Å². The highest BCUT2D eigenvalue weighted by Gasteiger charge is 2.35. The molecule has 1 aliphatic heterocycles. The smallest absolute Gasteiger partial charge is 0.350 e. The van der Waals surface area contributed by atoms with E-state index in [2.05, 4.69) is 23.2 Å². The minimum absolute atomic E-state index is 0.0622. The Bertz CT molecular complexity index is 929. The van der Waals surface area contributed by atoms with Gasteiger partial charge in [-0.1, -0.05) is 31.4 Å². The third-order valence-corrected chi connectivity index (χ3v) is 5.75. The number of urea groups is 1. The number of rotatable bonds is 3. The number of hydrogen-bond acceptors (Lipinski definition) is 4. The molecular formula is C23H29N5O. The van der Waals surface area contributed by atoms with Crippen LogP contribution in [-0.2, 0) is 0 Å². The summed E-state index contributed by atoms with van der Waals surface area (Å²) in [5.74, 6) is 0.931. The van der Waals surface area contributed by atoms with Crippen LogP contribution in [0.25, 0.3) is 0 Å². The Morgan fingerprint density at radius 1 is 1.10 bits per heavy atom. The molecule has 4 rings (SSSR count). The lowest BCUT2D eigenvalue weighted by Gasteiger charge is -2.28. The number of hydrogen-bond donors (Lipinski definition) is 1. The summed E-state index contributed by atoms with van der Waals surface area (Å²) in [5, 5.41) is 6.56. The first-order valence-corrected chi connectivity index (χ1v) is 10.5. The zero-order chi connectivity index (χ0) is 20.5. The maximum Gasteiger partial charge on any atom is 0.350 e. The van der Waals surface area contributed by atoms with E-state index in [1.54, 1.807) is 28.2 Å². The van der Waals surface area contributed by atoms with Gasteiger partial charge in [0, 0.05) is 11.5 Å². The molecule has 0 spiro atoms. The van der Waals surface area contributed by atoms with Gasteiger partial charge in [-0.15, -0.1) is 0 Å². The van der Waals surface area contributed by atoms with Gasteiger partial charge in [0.05, 0.1) is 29.3 Å². The van der Waals surface area contributed by atoms with Crippen LogP contribution >= 0.6 is 0 Å². The minimum Gasteiger partial charge on any atom is -0.397 e. The van der Waals surface area contributed by atoms with Crippen molar-refractivity contribution in [2.24, 2.45) is 11.0 Å². The normalized spacial score (nSPS) is 17.9. The standard InChI is InChI=1S/C23H29N5O/c1-15(2)28-23(29)27(21-12-10-18(24)14-25-21)20-13-16(3)9-11-19(20)22(26-28)17-7-5-4-6-8-17/h9-15,17H,4-8,24H2,1-3H3. The van der Waals surface area contributed by atoms with Crippen LogP contribution in [0.15, 0.2) is 41.6 Å². The van der Waals surface area contributed by atoms with Crippen LogP contribution in [0.4, 0.5) is 22.0 Å². The number of pyridine rings is 1. The number of aryl methyl sites for hydroxylation is 1. The molecule has 2 aliphatic rings. The van der Waals surface area contributed by atoms with Crippen LogP contribution in [0.3, 0.4) is 0 Å². The minimum atomic E-state index is -0.185. The average molecular weight is 392 g/mol. The summed E-state index contributed by atoms with van der Waals surface area (Å²) in [6.07, 6.45) is 7.52.